The van der Waals surface area contributed by atoms with Crippen molar-refractivity contribution >= 4 is 5.91 Å². The smallest absolute Gasteiger partial charge is 0.272 e. The molecule has 0 aliphatic carbocycles. The average molecular weight is 298 g/mol. The van der Waals surface area contributed by atoms with E-state index < -0.39 is 0 Å². The second-order valence-corrected chi connectivity index (χ2v) is 6.48. The van der Waals surface area contributed by atoms with Gasteiger partial charge in [-0.3, -0.25) is 9.89 Å². The van der Waals surface area contributed by atoms with Crippen LogP contribution in [0.15, 0.2) is 24.4 Å². The Morgan fingerprint density at radius 1 is 1.36 bits per heavy atom. The van der Waals surface area contributed by atoms with Crippen molar-refractivity contribution in [2.75, 3.05) is 13.1 Å². The maximum absolute atomic E-state index is 12.7. The van der Waals surface area contributed by atoms with Gasteiger partial charge in [0.15, 0.2) is 0 Å². The van der Waals surface area contributed by atoms with Crippen LogP contribution >= 0.6 is 0 Å². The zero-order chi connectivity index (χ0) is 15.7. The van der Waals surface area contributed by atoms with Gasteiger partial charge in [0.1, 0.15) is 5.69 Å². The summed E-state index contributed by atoms with van der Waals surface area (Å²) in [6.07, 6.45) is 3.90. The van der Waals surface area contributed by atoms with Crippen molar-refractivity contribution < 1.29 is 4.79 Å². The Labute approximate surface area is 130 Å². The third-order valence-corrected chi connectivity index (χ3v) is 4.52. The first-order valence-corrected chi connectivity index (χ1v) is 7.73. The lowest BCUT2D eigenvalue weighted by Gasteiger charge is -2.40. The molecule has 0 radical (unpaired) electrons. The van der Waals surface area contributed by atoms with Gasteiger partial charge in [-0.05, 0) is 44.4 Å². The number of rotatable bonds is 2. The second-order valence-electron chi connectivity index (χ2n) is 6.48. The molecule has 1 saturated heterocycles. The zero-order valence-electron chi connectivity index (χ0n) is 13.4. The molecule has 2 aromatic rings. The molecule has 1 unspecified atom stereocenters. The molecular formula is C17H22N4O. The number of pyridine rings is 1. The van der Waals surface area contributed by atoms with E-state index in [9.17, 15) is 4.79 Å². The molecule has 0 spiro atoms. The van der Waals surface area contributed by atoms with E-state index in [4.69, 9.17) is 0 Å². The maximum atomic E-state index is 12.7. The number of nitrogens with one attached hydrogen (secondary N) is 1. The Bertz CT molecular complexity index is 693. The van der Waals surface area contributed by atoms with Crippen LogP contribution in [0.5, 0.6) is 0 Å². The highest BCUT2D eigenvalue weighted by Gasteiger charge is 2.37. The van der Waals surface area contributed by atoms with Crippen molar-refractivity contribution in [1.29, 1.82) is 0 Å². The second kappa shape index (κ2) is 5.55. The molecule has 3 rings (SSSR count). The summed E-state index contributed by atoms with van der Waals surface area (Å²) in [4.78, 5) is 19.0. The number of H-pyrrole nitrogens is 1. The van der Waals surface area contributed by atoms with E-state index in [-0.39, 0.29) is 11.3 Å². The Kier molecular flexibility index (Phi) is 3.72. The predicted molar refractivity (Wildman–Crippen MR) is 84.8 cm³/mol. The fourth-order valence-corrected chi connectivity index (χ4v) is 3.40. The number of hydrogen-bond acceptors (Lipinski definition) is 3. The van der Waals surface area contributed by atoms with Crippen LogP contribution in [0.3, 0.4) is 0 Å². The van der Waals surface area contributed by atoms with Crippen LogP contribution in [0.1, 0.15) is 47.2 Å². The van der Waals surface area contributed by atoms with Crippen LogP contribution in [0, 0.1) is 13.8 Å². The molecular weight excluding hydrogens is 276 g/mol. The number of carbonyl (C=O) groups is 1. The van der Waals surface area contributed by atoms with Gasteiger partial charge in [-0.2, -0.15) is 5.10 Å². The number of aromatic nitrogens is 3. The first-order valence-electron chi connectivity index (χ1n) is 7.73. The Morgan fingerprint density at radius 2 is 2.18 bits per heavy atom. The van der Waals surface area contributed by atoms with E-state index in [1.807, 2.05) is 30.2 Å². The van der Waals surface area contributed by atoms with E-state index in [0.717, 1.165) is 36.3 Å². The molecule has 1 aliphatic heterocycles. The van der Waals surface area contributed by atoms with Gasteiger partial charge in [-0.25, -0.2) is 4.98 Å². The summed E-state index contributed by atoms with van der Waals surface area (Å²) in [5, 5.41) is 7.26. The van der Waals surface area contributed by atoms with E-state index in [2.05, 4.69) is 29.0 Å². The number of hydrogen-bond donors (Lipinski definition) is 1. The SMILES string of the molecule is Cc1cccc(C(=O)N2CCCC(C)(c3[nH]ncc3C)C2)n1. The first-order chi connectivity index (χ1) is 10.5. The van der Waals surface area contributed by atoms with E-state index in [1.165, 1.54) is 0 Å². The lowest BCUT2D eigenvalue weighted by molar-refractivity contribution is 0.0641. The van der Waals surface area contributed by atoms with Gasteiger partial charge >= 0.3 is 0 Å². The quantitative estimate of drug-likeness (QED) is 0.927. The topological polar surface area (TPSA) is 61.9 Å². The van der Waals surface area contributed by atoms with Crippen LogP contribution in [-0.4, -0.2) is 39.1 Å². The third-order valence-electron chi connectivity index (χ3n) is 4.52. The fourth-order valence-electron chi connectivity index (χ4n) is 3.40. The molecule has 0 saturated carbocycles. The van der Waals surface area contributed by atoms with Crippen molar-refractivity contribution in [3.63, 3.8) is 0 Å². The molecule has 0 aromatic carbocycles. The molecule has 1 amide bonds. The van der Waals surface area contributed by atoms with E-state index in [1.54, 1.807) is 6.07 Å². The summed E-state index contributed by atoms with van der Waals surface area (Å²) < 4.78 is 0. The minimum atomic E-state index is -0.0711. The van der Waals surface area contributed by atoms with Gasteiger partial charge < -0.3 is 4.90 Å². The Hall–Kier alpha value is -2.17. The predicted octanol–water partition coefficient (Wildman–Crippen LogP) is 2.62. The number of aryl methyl sites for hydroxylation is 2. The summed E-state index contributed by atoms with van der Waals surface area (Å²) in [6.45, 7) is 7.66. The largest absolute Gasteiger partial charge is 0.336 e. The van der Waals surface area contributed by atoms with Crippen molar-refractivity contribution in [2.45, 2.75) is 39.0 Å². The van der Waals surface area contributed by atoms with E-state index in [0.29, 0.717) is 12.2 Å². The van der Waals surface area contributed by atoms with Crippen LogP contribution < -0.4 is 0 Å². The molecule has 116 valence electrons. The molecule has 1 fully saturated rings. The first kappa shape index (κ1) is 14.8. The Morgan fingerprint density at radius 3 is 2.86 bits per heavy atom. The van der Waals surface area contributed by atoms with Gasteiger partial charge in [-0.15, -0.1) is 0 Å². The molecule has 1 N–H and O–H groups in total. The summed E-state index contributed by atoms with van der Waals surface area (Å²) in [6, 6.07) is 5.59. The molecule has 1 aliphatic rings. The normalized spacial score (nSPS) is 21.9. The van der Waals surface area contributed by atoms with Crippen molar-refractivity contribution in [1.82, 2.24) is 20.1 Å². The third kappa shape index (κ3) is 2.63. The van der Waals surface area contributed by atoms with Gasteiger partial charge in [0.2, 0.25) is 0 Å². The summed E-state index contributed by atoms with van der Waals surface area (Å²) in [5.74, 6) is 0.0202. The van der Waals surface area contributed by atoms with Crippen molar-refractivity contribution in [2.24, 2.45) is 0 Å². The van der Waals surface area contributed by atoms with E-state index >= 15 is 0 Å². The molecule has 1 atom stereocenters. The summed E-state index contributed by atoms with van der Waals surface area (Å²) in [7, 11) is 0. The minimum absolute atomic E-state index is 0.0202. The van der Waals surface area contributed by atoms with Crippen molar-refractivity contribution in [3.05, 3.63) is 47.0 Å². The monoisotopic (exact) mass is 298 g/mol. The van der Waals surface area contributed by atoms with Crippen LogP contribution in [0.2, 0.25) is 0 Å². The molecule has 3 heterocycles. The average Bonchev–Trinajstić information content (AvgIpc) is 2.93. The standard InChI is InChI=1S/C17H22N4O/c1-12-10-18-20-15(12)17(3)8-5-9-21(11-17)16(22)14-7-4-6-13(2)19-14/h4,6-7,10H,5,8-9,11H2,1-3H3,(H,18,20). The number of carbonyl (C=O) groups excluding carboxylic acids is 1. The molecule has 2 aromatic heterocycles. The van der Waals surface area contributed by atoms with Gasteiger partial charge in [-0.1, -0.05) is 13.0 Å². The molecule has 22 heavy (non-hydrogen) atoms. The minimum Gasteiger partial charge on any atom is -0.336 e. The molecule has 5 heteroatoms. The van der Waals surface area contributed by atoms with Gasteiger partial charge in [0.25, 0.3) is 5.91 Å². The van der Waals surface area contributed by atoms with Gasteiger partial charge in [0.05, 0.1) is 6.20 Å². The Balaban J connectivity index is 1.84. The number of piperidine rings is 1. The van der Waals surface area contributed by atoms with Gasteiger partial charge in [0, 0.05) is 29.9 Å². The lowest BCUT2D eigenvalue weighted by Crippen LogP contribution is -2.47. The van der Waals surface area contributed by atoms with Crippen LogP contribution in [0.25, 0.3) is 0 Å². The maximum Gasteiger partial charge on any atom is 0.272 e. The van der Waals surface area contributed by atoms with Crippen LogP contribution in [-0.2, 0) is 5.41 Å². The zero-order valence-corrected chi connectivity index (χ0v) is 13.4. The summed E-state index contributed by atoms with van der Waals surface area (Å²) >= 11 is 0. The highest BCUT2D eigenvalue weighted by molar-refractivity contribution is 5.92. The number of aromatic amines is 1. The number of likely N-dealkylation sites (tertiary alicyclic amines) is 1. The van der Waals surface area contributed by atoms with Crippen molar-refractivity contribution in [3.8, 4) is 0 Å². The highest BCUT2D eigenvalue weighted by Crippen LogP contribution is 2.34. The lowest BCUT2D eigenvalue weighted by atomic mass is 9.77. The molecule has 0 bridgehead atoms. The summed E-state index contributed by atoms with van der Waals surface area (Å²) in [5.41, 5.74) is 3.63. The van der Waals surface area contributed by atoms with Crippen LogP contribution in [0.4, 0.5) is 0 Å². The number of nitrogens with zero attached hydrogens (tertiary/aromatic N) is 3. The molecule has 5 nitrogen and oxygen atoms in total. The fraction of sp³-hybridized carbons (Fsp3) is 0.471. The highest BCUT2D eigenvalue weighted by atomic mass is 16.2. The number of amides is 1.